The van der Waals surface area contributed by atoms with E-state index >= 15 is 0 Å². The lowest BCUT2D eigenvalue weighted by Crippen LogP contribution is -2.16. The number of hydrogen-bond acceptors (Lipinski definition) is 6. The summed E-state index contributed by atoms with van der Waals surface area (Å²) in [4.78, 5) is 22.0. The lowest BCUT2D eigenvalue weighted by molar-refractivity contribution is -0.137. The topological polar surface area (TPSA) is 72.6 Å². The van der Waals surface area contributed by atoms with Crippen LogP contribution in [0.25, 0.3) is 11.7 Å². The normalized spacial score (nSPS) is 11.1. The lowest BCUT2D eigenvalue weighted by Gasteiger charge is -2.18. The average molecular weight is 323 g/mol. The quantitative estimate of drug-likeness (QED) is 0.530. The number of esters is 1. The number of rotatable bonds is 5. The molecule has 1 aromatic carbocycles. The van der Waals surface area contributed by atoms with Crippen LogP contribution >= 0.6 is 0 Å². The Hall–Kier alpha value is -3.22. The van der Waals surface area contributed by atoms with Crippen LogP contribution in [0.5, 0.6) is 0 Å². The van der Waals surface area contributed by atoms with E-state index in [1.807, 2.05) is 42.3 Å². The van der Waals surface area contributed by atoms with Crippen LogP contribution in [0.2, 0.25) is 0 Å². The second-order valence-electron chi connectivity index (χ2n) is 4.99. The van der Waals surface area contributed by atoms with Gasteiger partial charge in [-0.3, -0.25) is 0 Å². The molecule has 7 nitrogen and oxygen atoms in total. The molecule has 0 unspecified atom stereocenters. The predicted molar refractivity (Wildman–Crippen MR) is 91.0 cm³/mol. The van der Waals surface area contributed by atoms with Crippen molar-refractivity contribution in [2.24, 2.45) is 0 Å². The molecule has 2 heterocycles. The van der Waals surface area contributed by atoms with Crippen LogP contribution in [-0.4, -0.2) is 39.2 Å². The SMILES string of the molecule is CCOC(=O)/C=C/c1cnn2c(N(C)c3ccccc3)ncnc12. The van der Waals surface area contributed by atoms with Gasteiger partial charge >= 0.3 is 5.97 Å². The van der Waals surface area contributed by atoms with Crippen molar-refractivity contribution in [2.75, 3.05) is 18.6 Å². The molecule has 0 fully saturated rings. The van der Waals surface area contributed by atoms with E-state index in [2.05, 4.69) is 15.1 Å². The Labute approximate surface area is 139 Å². The lowest BCUT2D eigenvalue weighted by atomic mass is 10.3. The highest BCUT2D eigenvalue weighted by atomic mass is 16.5. The summed E-state index contributed by atoms with van der Waals surface area (Å²) >= 11 is 0. The highest BCUT2D eigenvalue weighted by molar-refractivity contribution is 5.88. The number of para-hydroxylation sites is 1. The van der Waals surface area contributed by atoms with E-state index < -0.39 is 5.97 Å². The van der Waals surface area contributed by atoms with Crippen molar-refractivity contribution in [3.8, 4) is 0 Å². The molecular weight excluding hydrogens is 306 g/mol. The van der Waals surface area contributed by atoms with Gasteiger partial charge in [0, 0.05) is 24.4 Å². The zero-order chi connectivity index (χ0) is 16.9. The number of fused-ring (bicyclic) bond motifs is 1. The highest BCUT2D eigenvalue weighted by Gasteiger charge is 2.13. The number of anilines is 2. The molecule has 122 valence electrons. The summed E-state index contributed by atoms with van der Waals surface area (Å²) in [6, 6.07) is 9.85. The summed E-state index contributed by atoms with van der Waals surface area (Å²) in [5.74, 6) is 0.231. The first-order valence-electron chi connectivity index (χ1n) is 7.53. The number of carbonyl (C=O) groups is 1. The summed E-state index contributed by atoms with van der Waals surface area (Å²) in [5.41, 5.74) is 2.31. The molecule has 3 aromatic rings. The van der Waals surface area contributed by atoms with Crippen molar-refractivity contribution in [2.45, 2.75) is 6.92 Å². The number of benzene rings is 1. The minimum absolute atomic E-state index is 0.339. The van der Waals surface area contributed by atoms with Gasteiger partial charge in [0.25, 0.3) is 0 Å². The fourth-order valence-electron chi connectivity index (χ4n) is 2.28. The molecule has 0 amide bonds. The van der Waals surface area contributed by atoms with Crippen molar-refractivity contribution in [3.05, 3.63) is 54.5 Å². The van der Waals surface area contributed by atoms with Crippen molar-refractivity contribution < 1.29 is 9.53 Å². The molecule has 0 spiro atoms. The van der Waals surface area contributed by atoms with E-state index in [1.165, 1.54) is 12.4 Å². The largest absolute Gasteiger partial charge is 0.463 e. The van der Waals surface area contributed by atoms with E-state index in [9.17, 15) is 4.79 Å². The maximum atomic E-state index is 11.5. The Balaban J connectivity index is 1.96. The van der Waals surface area contributed by atoms with Gasteiger partial charge in [0.05, 0.1) is 12.8 Å². The fraction of sp³-hybridized carbons (Fsp3) is 0.176. The van der Waals surface area contributed by atoms with Crippen LogP contribution in [0.4, 0.5) is 11.6 Å². The summed E-state index contributed by atoms with van der Waals surface area (Å²) in [5, 5.41) is 4.34. The maximum absolute atomic E-state index is 11.5. The molecule has 0 aliphatic carbocycles. The van der Waals surface area contributed by atoms with Crippen LogP contribution in [0, 0.1) is 0 Å². The molecule has 0 saturated heterocycles. The Bertz CT molecular complexity index is 873. The molecule has 2 aromatic heterocycles. The van der Waals surface area contributed by atoms with Gasteiger partial charge in [0.1, 0.15) is 6.33 Å². The Kier molecular flexibility index (Phi) is 4.51. The van der Waals surface area contributed by atoms with Crippen molar-refractivity contribution in [3.63, 3.8) is 0 Å². The predicted octanol–water partition coefficient (Wildman–Crippen LogP) is 2.47. The van der Waals surface area contributed by atoms with Crippen LogP contribution in [-0.2, 0) is 9.53 Å². The van der Waals surface area contributed by atoms with Crippen LogP contribution in [0.3, 0.4) is 0 Å². The van der Waals surface area contributed by atoms with E-state index in [4.69, 9.17) is 4.74 Å². The Morgan fingerprint density at radius 3 is 2.83 bits per heavy atom. The molecule has 0 saturated carbocycles. The molecule has 0 radical (unpaired) electrons. The highest BCUT2D eigenvalue weighted by Crippen LogP contribution is 2.22. The molecule has 0 bridgehead atoms. The van der Waals surface area contributed by atoms with Gasteiger partial charge in [-0.05, 0) is 25.1 Å². The summed E-state index contributed by atoms with van der Waals surface area (Å²) in [6.45, 7) is 2.10. The molecule has 0 aliphatic heterocycles. The second kappa shape index (κ2) is 6.91. The average Bonchev–Trinajstić information content (AvgIpc) is 3.03. The van der Waals surface area contributed by atoms with Gasteiger partial charge in [-0.15, -0.1) is 0 Å². The number of aromatic nitrogens is 4. The molecule has 24 heavy (non-hydrogen) atoms. The first-order valence-corrected chi connectivity index (χ1v) is 7.53. The molecular formula is C17H17N5O2. The van der Waals surface area contributed by atoms with E-state index in [1.54, 1.807) is 23.7 Å². The number of ether oxygens (including phenoxy) is 1. The minimum Gasteiger partial charge on any atom is -0.463 e. The van der Waals surface area contributed by atoms with Crippen molar-refractivity contribution in [1.82, 2.24) is 19.6 Å². The van der Waals surface area contributed by atoms with Gasteiger partial charge in [-0.2, -0.15) is 9.61 Å². The van der Waals surface area contributed by atoms with Gasteiger partial charge in [0.2, 0.25) is 5.95 Å². The third-order valence-electron chi connectivity index (χ3n) is 3.44. The van der Waals surface area contributed by atoms with Gasteiger partial charge in [-0.1, -0.05) is 18.2 Å². The van der Waals surface area contributed by atoms with Crippen LogP contribution in [0.1, 0.15) is 12.5 Å². The first kappa shape index (κ1) is 15.7. The number of hydrogen-bond donors (Lipinski definition) is 0. The molecule has 0 atom stereocenters. The summed E-state index contributed by atoms with van der Waals surface area (Å²) in [6.07, 6.45) is 6.12. The third-order valence-corrected chi connectivity index (χ3v) is 3.44. The van der Waals surface area contributed by atoms with Crippen LogP contribution < -0.4 is 4.90 Å². The summed E-state index contributed by atoms with van der Waals surface area (Å²) in [7, 11) is 1.91. The van der Waals surface area contributed by atoms with E-state index in [0.29, 0.717) is 23.8 Å². The zero-order valence-corrected chi connectivity index (χ0v) is 13.5. The second-order valence-corrected chi connectivity index (χ2v) is 4.99. The molecule has 3 rings (SSSR count). The summed E-state index contributed by atoms with van der Waals surface area (Å²) < 4.78 is 6.51. The molecule has 0 N–H and O–H groups in total. The van der Waals surface area contributed by atoms with E-state index in [-0.39, 0.29) is 0 Å². The van der Waals surface area contributed by atoms with Crippen molar-refractivity contribution in [1.29, 1.82) is 0 Å². The molecule has 7 heteroatoms. The van der Waals surface area contributed by atoms with Gasteiger partial charge in [-0.25, -0.2) is 14.8 Å². The van der Waals surface area contributed by atoms with Crippen LogP contribution in [0.15, 0.2) is 48.9 Å². The number of nitrogens with zero attached hydrogens (tertiary/aromatic N) is 5. The van der Waals surface area contributed by atoms with E-state index in [0.717, 1.165) is 5.69 Å². The van der Waals surface area contributed by atoms with Gasteiger partial charge in [0.15, 0.2) is 5.65 Å². The fourth-order valence-corrected chi connectivity index (χ4v) is 2.28. The number of carbonyl (C=O) groups excluding carboxylic acids is 1. The maximum Gasteiger partial charge on any atom is 0.330 e. The standard InChI is InChI=1S/C17H17N5O2/c1-3-24-15(23)10-9-13-11-20-22-16(13)18-12-19-17(22)21(2)14-7-5-4-6-8-14/h4-12H,3H2,1-2H3/b10-9+. The molecule has 0 aliphatic rings. The minimum atomic E-state index is -0.396. The smallest absolute Gasteiger partial charge is 0.330 e. The monoisotopic (exact) mass is 323 g/mol. The Morgan fingerprint density at radius 1 is 1.29 bits per heavy atom. The van der Waals surface area contributed by atoms with Crippen molar-refractivity contribution >= 4 is 29.3 Å². The third kappa shape index (κ3) is 3.10. The zero-order valence-electron chi connectivity index (χ0n) is 13.5. The Morgan fingerprint density at radius 2 is 2.08 bits per heavy atom. The first-order chi connectivity index (χ1) is 11.7. The van der Waals surface area contributed by atoms with Gasteiger partial charge < -0.3 is 9.64 Å².